The second-order valence-corrected chi connectivity index (χ2v) is 6.87. The van der Waals surface area contributed by atoms with Crippen molar-refractivity contribution in [1.29, 1.82) is 0 Å². The quantitative estimate of drug-likeness (QED) is 0.538. The molecular weight excluding hydrogens is 380 g/mol. The number of nitrogens with one attached hydrogen (secondary N) is 1. The normalized spacial score (nSPS) is 10.7. The summed E-state index contributed by atoms with van der Waals surface area (Å²) < 4.78 is 18.0. The average molecular weight is 408 g/mol. The van der Waals surface area contributed by atoms with E-state index in [0.29, 0.717) is 30.2 Å². The lowest BCUT2D eigenvalue weighted by molar-refractivity contribution is 0.0948. The van der Waals surface area contributed by atoms with Crippen LogP contribution in [0.25, 0.3) is 16.9 Å². The molecule has 1 heterocycles. The maximum atomic E-state index is 12.9. The van der Waals surface area contributed by atoms with E-state index in [2.05, 4.69) is 9.88 Å². The molecule has 0 radical (unpaired) electrons. The summed E-state index contributed by atoms with van der Waals surface area (Å²) in [5, 5.41) is 2.98. The fourth-order valence-electron chi connectivity index (χ4n) is 3.47. The van der Waals surface area contributed by atoms with E-state index in [0.717, 1.165) is 29.1 Å². The van der Waals surface area contributed by atoms with Crippen LogP contribution in [0.3, 0.4) is 0 Å². The second kappa shape index (κ2) is 9.98. The number of aromatic nitrogens is 1. The Kier molecular flexibility index (Phi) is 7.14. The van der Waals surface area contributed by atoms with Crippen molar-refractivity contribution in [3.05, 3.63) is 65.9 Å². The van der Waals surface area contributed by atoms with Crippen LogP contribution in [0.4, 0.5) is 0 Å². The number of nitrogens with zero attached hydrogens (tertiary/aromatic N) is 1. The van der Waals surface area contributed by atoms with Crippen molar-refractivity contribution in [3.8, 4) is 28.4 Å². The van der Waals surface area contributed by atoms with Gasteiger partial charge in [0, 0.05) is 37.7 Å². The van der Waals surface area contributed by atoms with E-state index < -0.39 is 0 Å². The number of ether oxygens (including phenoxy) is 3. The number of benzene rings is 2. The molecule has 0 spiro atoms. The van der Waals surface area contributed by atoms with Crippen molar-refractivity contribution in [2.75, 3.05) is 34.5 Å². The van der Waals surface area contributed by atoms with Crippen LogP contribution in [0.15, 0.2) is 54.6 Å². The van der Waals surface area contributed by atoms with Crippen molar-refractivity contribution in [1.82, 2.24) is 9.88 Å². The van der Waals surface area contributed by atoms with E-state index in [1.54, 1.807) is 21.3 Å². The first kappa shape index (κ1) is 21.5. The van der Waals surface area contributed by atoms with E-state index in [9.17, 15) is 4.79 Å². The molecule has 1 aromatic heterocycles. The highest BCUT2D eigenvalue weighted by Gasteiger charge is 2.20. The number of hydrogen-bond acceptors (Lipinski definition) is 4. The van der Waals surface area contributed by atoms with Gasteiger partial charge in [-0.3, -0.25) is 4.79 Å². The third kappa shape index (κ3) is 4.49. The van der Waals surface area contributed by atoms with Crippen LogP contribution in [0.5, 0.6) is 11.5 Å². The fourth-order valence-corrected chi connectivity index (χ4v) is 3.47. The van der Waals surface area contributed by atoms with Gasteiger partial charge in [0.1, 0.15) is 0 Å². The zero-order chi connectivity index (χ0) is 21.5. The summed E-state index contributed by atoms with van der Waals surface area (Å²) in [6, 6.07) is 17.7. The van der Waals surface area contributed by atoms with Gasteiger partial charge < -0.3 is 24.1 Å². The van der Waals surface area contributed by atoms with Gasteiger partial charge in [0.25, 0.3) is 5.91 Å². The van der Waals surface area contributed by atoms with E-state index in [4.69, 9.17) is 14.2 Å². The Bertz CT molecular complexity index is 996. The van der Waals surface area contributed by atoms with Crippen molar-refractivity contribution in [2.45, 2.75) is 13.3 Å². The van der Waals surface area contributed by atoms with Crippen LogP contribution in [0.1, 0.15) is 22.5 Å². The minimum absolute atomic E-state index is 0.0972. The number of carbonyl (C=O) groups is 1. The van der Waals surface area contributed by atoms with Crippen LogP contribution in [-0.2, 0) is 4.74 Å². The number of amides is 1. The van der Waals surface area contributed by atoms with Gasteiger partial charge in [0.15, 0.2) is 11.5 Å². The Morgan fingerprint density at radius 2 is 1.70 bits per heavy atom. The molecule has 0 aliphatic heterocycles. The van der Waals surface area contributed by atoms with E-state index in [-0.39, 0.29) is 5.91 Å². The predicted octanol–water partition coefficient (Wildman–Crippen LogP) is 4.24. The van der Waals surface area contributed by atoms with Gasteiger partial charge >= 0.3 is 0 Å². The van der Waals surface area contributed by atoms with Crippen LogP contribution in [-0.4, -0.2) is 45.0 Å². The molecule has 30 heavy (non-hydrogen) atoms. The first-order valence-corrected chi connectivity index (χ1v) is 9.88. The number of rotatable bonds is 9. The maximum absolute atomic E-state index is 12.9. The minimum Gasteiger partial charge on any atom is -0.493 e. The van der Waals surface area contributed by atoms with Gasteiger partial charge in [0.05, 0.1) is 25.5 Å². The molecule has 1 amide bonds. The molecule has 0 saturated carbocycles. The summed E-state index contributed by atoms with van der Waals surface area (Å²) in [7, 11) is 4.88. The monoisotopic (exact) mass is 408 g/mol. The van der Waals surface area contributed by atoms with Gasteiger partial charge in [-0.2, -0.15) is 0 Å². The standard InChI is InChI=1S/C24H28N2O4/c1-17-20(24(27)25-13-8-14-28-2)16-21(18-9-6-5-7-10-18)26(17)19-11-12-22(29-3)23(15-19)30-4/h5-7,9-12,15-16H,8,13-14H2,1-4H3,(H,25,27). The number of hydrogen-bond donors (Lipinski definition) is 1. The summed E-state index contributed by atoms with van der Waals surface area (Å²) in [4.78, 5) is 12.9. The third-order valence-electron chi connectivity index (χ3n) is 5.00. The topological polar surface area (TPSA) is 61.7 Å². The molecule has 3 rings (SSSR count). The van der Waals surface area contributed by atoms with Crippen LogP contribution in [0, 0.1) is 6.92 Å². The Balaban J connectivity index is 2.07. The average Bonchev–Trinajstić information content (AvgIpc) is 3.13. The largest absolute Gasteiger partial charge is 0.493 e. The van der Waals surface area contributed by atoms with Gasteiger partial charge in [-0.1, -0.05) is 30.3 Å². The van der Waals surface area contributed by atoms with Gasteiger partial charge in [-0.25, -0.2) is 0 Å². The summed E-state index contributed by atoms with van der Waals surface area (Å²) in [6.45, 7) is 3.13. The highest BCUT2D eigenvalue weighted by atomic mass is 16.5. The van der Waals surface area contributed by atoms with E-state index in [1.807, 2.05) is 61.5 Å². The van der Waals surface area contributed by atoms with E-state index >= 15 is 0 Å². The second-order valence-electron chi connectivity index (χ2n) is 6.87. The molecule has 0 bridgehead atoms. The van der Waals surface area contributed by atoms with Crippen molar-refractivity contribution in [2.24, 2.45) is 0 Å². The number of carbonyl (C=O) groups excluding carboxylic acids is 1. The van der Waals surface area contributed by atoms with E-state index in [1.165, 1.54) is 0 Å². The molecule has 0 atom stereocenters. The van der Waals surface area contributed by atoms with Crippen LogP contribution in [0.2, 0.25) is 0 Å². The van der Waals surface area contributed by atoms with Crippen LogP contribution >= 0.6 is 0 Å². The molecule has 1 N–H and O–H groups in total. The maximum Gasteiger partial charge on any atom is 0.253 e. The Hall–Kier alpha value is -3.25. The zero-order valence-corrected chi connectivity index (χ0v) is 17.9. The third-order valence-corrected chi connectivity index (χ3v) is 5.00. The Morgan fingerprint density at radius 3 is 2.37 bits per heavy atom. The smallest absolute Gasteiger partial charge is 0.253 e. The lowest BCUT2D eigenvalue weighted by atomic mass is 10.1. The summed E-state index contributed by atoms with van der Waals surface area (Å²) in [5.74, 6) is 1.19. The molecule has 0 aliphatic carbocycles. The molecule has 0 fully saturated rings. The molecule has 2 aromatic carbocycles. The van der Waals surface area contributed by atoms with Gasteiger partial charge in [-0.15, -0.1) is 0 Å². The van der Waals surface area contributed by atoms with Crippen molar-refractivity contribution in [3.63, 3.8) is 0 Å². The van der Waals surface area contributed by atoms with Gasteiger partial charge in [0.2, 0.25) is 0 Å². The van der Waals surface area contributed by atoms with Crippen LogP contribution < -0.4 is 14.8 Å². The Morgan fingerprint density at radius 1 is 0.967 bits per heavy atom. The summed E-state index contributed by atoms with van der Waals surface area (Å²) >= 11 is 0. The number of methoxy groups -OCH3 is 3. The summed E-state index contributed by atoms with van der Waals surface area (Å²) in [6.07, 6.45) is 0.767. The SMILES string of the molecule is COCCCNC(=O)c1cc(-c2ccccc2)n(-c2ccc(OC)c(OC)c2)c1C. The molecule has 0 saturated heterocycles. The molecule has 0 aliphatic rings. The van der Waals surface area contributed by atoms with Crippen molar-refractivity contribution >= 4 is 5.91 Å². The fraction of sp³-hybridized carbons (Fsp3) is 0.292. The summed E-state index contributed by atoms with van der Waals surface area (Å²) in [5.41, 5.74) is 4.34. The molecule has 3 aromatic rings. The Labute approximate surface area is 177 Å². The van der Waals surface area contributed by atoms with Gasteiger partial charge in [-0.05, 0) is 37.1 Å². The molecular formula is C24H28N2O4. The highest BCUT2D eigenvalue weighted by molar-refractivity contribution is 5.97. The highest BCUT2D eigenvalue weighted by Crippen LogP contribution is 2.34. The lowest BCUT2D eigenvalue weighted by Crippen LogP contribution is -2.25. The van der Waals surface area contributed by atoms with Crippen molar-refractivity contribution < 1.29 is 19.0 Å². The zero-order valence-electron chi connectivity index (χ0n) is 17.9. The first-order valence-electron chi connectivity index (χ1n) is 9.88. The minimum atomic E-state index is -0.0972. The molecule has 6 nitrogen and oxygen atoms in total. The molecule has 0 unspecified atom stereocenters. The predicted molar refractivity (Wildman–Crippen MR) is 118 cm³/mol. The first-order chi connectivity index (χ1) is 14.6. The molecule has 6 heteroatoms. The molecule has 158 valence electrons. The lowest BCUT2D eigenvalue weighted by Gasteiger charge is -2.15.